The Balaban J connectivity index is 2.32. The second kappa shape index (κ2) is 7.23. The van der Waals surface area contributed by atoms with Crippen LogP contribution in [0.15, 0.2) is 12.1 Å². The third-order valence-corrected chi connectivity index (χ3v) is 4.57. The van der Waals surface area contributed by atoms with Crippen LogP contribution in [0.4, 0.5) is 4.39 Å². The predicted octanol–water partition coefficient (Wildman–Crippen LogP) is 4.19. The lowest BCUT2D eigenvalue weighted by atomic mass is 9.73. The number of hydrogen-bond donors (Lipinski definition) is 0. The van der Waals surface area contributed by atoms with Gasteiger partial charge >= 0.3 is 5.97 Å². The van der Waals surface area contributed by atoms with E-state index < -0.39 is 11.7 Å². The molecule has 0 spiro atoms. The van der Waals surface area contributed by atoms with Gasteiger partial charge in [-0.05, 0) is 50.3 Å². The van der Waals surface area contributed by atoms with Crippen molar-refractivity contribution in [1.29, 1.82) is 0 Å². The molecule has 1 saturated carbocycles. The lowest BCUT2D eigenvalue weighted by molar-refractivity contribution is -0.145. The van der Waals surface area contributed by atoms with Gasteiger partial charge in [-0.1, -0.05) is 11.6 Å². The van der Waals surface area contributed by atoms with Crippen molar-refractivity contribution in [2.75, 3.05) is 6.61 Å². The first-order valence-corrected chi connectivity index (χ1v) is 7.95. The van der Waals surface area contributed by atoms with Crippen LogP contribution in [-0.2, 0) is 14.3 Å². The summed E-state index contributed by atoms with van der Waals surface area (Å²) in [7, 11) is 0. The average molecular weight is 327 g/mol. The van der Waals surface area contributed by atoms with Crippen LogP contribution in [0.3, 0.4) is 0 Å². The molecule has 1 fully saturated rings. The number of carbonyl (C=O) groups excluding carboxylic acids is 2. The fraction of sp³-hybridized carbons (Fsp3) is 0.529. The summed E-state index contributed by atoms with van der Waals surface area (Å²) in [6, 6.07) is 2.87. The van der Waals surface area contributed by atoms with Gasteiger partial charge < -0.3 is 4.74 Å². The van der Waals surface area contributed by atoms with Gasteiger partial charge in [-0.25, -0.2) is 4.39 Å². The van der Waals surface area contributed by atoms with Crippen LogP contribution in [0.2, 0.25) is 5.02 Å². The Bertz CT molecular complexity index is 586. The van der Waals surface area contributed by atoms with Gasteiger partial charge in [0, 0.05) is 29.3 Å². The molecular weight excluding hydrogens is 307 g/mol. The molecule has 0 heterocycles. The van der Waals surface area contributed by atoms with E-state index in [1.807, 2.05) is 0 Å². The number of Topliss-reactive ketones (excluding diaryl/α,β-unsaturated/α-hetero) is 1. The first-order valence-electron chi connectivity index (χ1n) is 7.58. The van der Waals surface area contributed by atoms with Gasteiger partial charge in [0.05, 0.1) is 6.61 Å². The summed E-state index contributed by atoms with van der Waals surface area (Å²) >= 11 is 6.09. The van der Waals surface area contributed by atoms with Gasteiger partial charge in [0.1, 0.15) is 11.6 Å². The van der Waals surface area contributed by atoms with Crippen molar-refractivity contribution < 1.29 is 18.7 Å². The van der Waals surface area contributed by atoms with E-state index >= 15 is 0 Å². The van der Waals surface area contributed by atoms with Crippen LogP contribution >= 0.6 is 11.6 Å². The number of benzene rings is 1. The first-order chi connectivity index (χ1) is 10.4. The Kier molecular flexibility index (Phi) is 5.57. The van der Waals surface area contributed by atoms with Crippen molar-refractivity contribution >= 4 is 23.4 Å². The van der Waals surface area contributed by atoms with Crippen LogP contribution < -0.4 is 0 Å². The molecular formula is C17H20ClFO3. The zero-order valence-corrected chi connectivity index (χ0v) is 13.6. The second-order valence-corrected chi connectivity index (χ2v) is 6.14. The minimum absolute atomic E-state index is 0.0284. The zero-order chi connectivity index (χ0) is 16.3. The molecule has 0 aromatic heterocycles. The highest BCUT2D eigenvalue weighted by molar-refractivity contribution is 6.31. The van der Waals surface area contributed by atoms with Crippen molar-refractivity contribution in [3.8, 4) is 0 Å². The minimum Gasteiger partial charge on any atom is -0.466 e. The van der Waals surface area contributed by atoms with Crippen LogP contribution in [-0.4, -0.2) is 18.4 Å². The average Bonchev–Trinajstić information content (AvgIpc) is 2.44. The van der Waals surface area contributed by atoms with Crippen LogP contribution in [0.5, 0.6) is 0 Å². The number of aryl methyl sites for hydroxylation is 1. The maximum Gasteiger partial charge on any atom is 0.306 e. The molecule has 0 saturated heterocycles. The smallest absolute Gasteiger partial charge is 0.306 e. The van der Waals surface area contributed by atoms with Crippen molar-refractivity contribution in [3.05, 3.63) is 34.1 Å². The summed E-state index contributed by atoms with van der Waals surface area (Å²) in [5.74, 6) is -1.65. The quantitative estimate of drug-likeness (QED) is 0.779. The van der Waals surface area contributed by atoms with E-state index in [0.29, 0.717) is 35.6 Å². The molecule has 3 nitrogen and oxygen atoms in total. The number of esters is 1. The van der Waals surface area contributed by atoms with Crippen LogP contribution in [0.25, 0.3) is 0 Å². The fourth-order valence-corrected chi connectivity index (χ4v) is 3.28. The van der Waals surface area contributed by atoms with Crippen LogP contribution in [0, 0.1) is 18.7 Å². The van der Waals surface area contributed by atoms with E-state index in [2.05, 4.69) is 0 Å². The standard InChI is InChI=1S/C17H20ClFO3/c1-3-22-16(21)8-11-5-4-6-15(20)17(11)12-9-13(18)10(2)7-14(12)19/h7,9,11,17H,3-6,8H2,1-2H3/t11-,17+/m1/s1. The number of hydrogen-bond acceptors (Lipinski definition) is 3. The summed E-state index contributed by atoms with van der Waals surface area (Å²) in [5.41, 5.74) is 0.933. The molecule has 0 aliphatic heterocycles. The van der Waals surface area contributed by atoms with E-state index in [9.17, 15) is 14.0 Å². The van der Waals surface area contributed by atoms with Crippen molar-refractivity contribution in [2.45, 2.75) is 45.4 Å². The van der Waals surface area contributed by atoms with E-state index in [4.69, 9.17) is 16.3 Å². The molecule has 22 heavy (non-hydrogen) atoms. The van der Waals surface area contributed by atoms with Gasteiger partial charge in [0.15, 0.2) is 0 Å². The largest absolute Gasteiger partial charge is 0.466 e. The summed E-state index contributed by atoms with van der Waals surface area (Å²) < 4.78 is 19.3. The fourth-order valence-electron chi connectivity index (χ4n) is 3.10. The minimum atomic E-state index is -0.615. The molecule has 120 valence electrons. The molecule has 2 atom stereocenters. The first kappa shape index (κ1) is 16.9. The van der Waals surface area contributed by atoms with Crippen molar-refractivity contribution in [2.24, 2.45) is 5.92 Å². The topological polar surface area (TPSA) is 43.4 Å². The van der Waals surface area contributed by atoms with E-state index in [0.717, 1.165) is 6.42 Å². The molecule has 5 heteroatoms. The SMILES string of the molecule is CCOC(=O)C[C@H]1CCCC(=O)[C@@H]1c1cc(Cl)c(C)cc1F. The highest BCUT2D eigenvalue weighted by Crippen LogP contribution is 2.40. The summed E-state index contributed by atoms with van der Waals surface area (Å²) in [5, 5.41) is 0.435. The number of halogens is 2. The van der Waals surface area contributed by atoms with Gasteiger partial charge in [-0.2, -0.15) is 0 Å². The lowest BCUT2D eigenvalue weighted by Crippen LogP contribution is -2.29. The third kappa shape index (κ3) is 3.67. The van der Waals surface area contributed by atoms with Gasteiger partial charge in [0.25, 0.3) is 0 Å². The number of ketones is 1. The summed E-state index contributed by atoms with van der Waals surface area (Å²) in [6.07, 6.45) is 1.98. The summed E-state index contributed by atoms with van der Waals surface area (Å²) in [6.45, 7) is 3.75. The Morgan fingerprint density at radius 1 is 1.45 bits per heavy atom. The normalized spacial score (nSPS) is 21.7. The summed E-state index contributed by atoms with van der Waals surface area (Å²) in [4.78, 5) is 24.1. The Morgan fingerprint density at radius 3 is 2.86 bits per heavy atom. The van der Waals surface area contributed by atoms with Crippen molar-refractivity contribution in [3.63, 3.8) is 0 Å². The highest BCUT2D eigenvalue weighted by atomic mass is 35.5. The van der Waals surface area contributed by atoms with Gasteiger partial charge in [-0.15, -0.1) is 0 Å². The molecule has 1 aromatic carbocycles. The van der Waals surface area contributed by atoms with Gasteiger partial charge in [0.2, 0.25) is 0 Å². The van der Waals surface area contributed by atoms with E-state index in [-0.39, 0.29) is 24.1 Å². The molecule has 1 aliphatic carbocycles. The molecule has 0 unspecified atom stereocenters. The maximum atomic E-state index is 14.3. The Labute approximate surface area is 134 Å². The molecule has 0 bridgehead atoms. The molecule has 1 aromatic rings. The molecule has 2 rings (SSSR count). The van der Waals surface area contributed by atoms with Crippen LogP contribution in [0.1, 0.15) is 49.7 Å². The number of carbonyl (C=O) groups is 2. The van der Waals surface area contributed by atoms with E-state index in [1.165, 1.54) is 12.1 Å². The molecule has 0 radical (unpaired) electrons. The third-order valence-electron chi connectivity index (χ3n) is 4.16. The zero-order valence-electron chi connectivity index (χ0n) is 12.8. The second-order valence-electron chi connectivity index (χ2n) is 5.73. The molecule has 0 N–H and O–H groups in total. The Hall–Kier alpha value is -1.42. The van der Waals surface area contributed by atoms with E-state index in [1.54, 1.807) is 13.8 Å². The highest BCUT2D eigenvalue weighted by Gasteiger charge is 2.36. The number of ether oxygens (including phenoxy) is 1. The monoisotopic (exact) mass is 326 g/mol. The number of rotatable bonds is 4. The van der Waals surface area contributed by atoms with Gasteiger partial charge in [-0.3, -0.25) is 9.59 Å². The van der Waals surface area contributed by atoms with Crippen molar-refractivity contribution in [1.82, 2.24) is 0 Å². The Morgan fingerprint density at radius 2 is 2.18 bits per heavy atom. The predicted molar refractivity (Wildman–Crippen MR) is 82.5 cm³/mol. The molecule has 1 aliphatic rings. The molecule has 0 amide bonds. The maximum absolute atomic E-state index is 14.3. The lowest BCUT2D eigenvalue weighted by Gasteiger charge is -2.30.